The fourth-order valence-electron chi connectivity index (χ4n) is 1.86. The number of benzene rings is 2. The van der Waals surface area contributed by atoms with E-state index in [1.54, 1.807) is 19.2 Å². The Morgan fingerprint density at radius 2 is 1.95 bits per heavy atom. The lowest BCUT2D eigenvalue weighted by Crippen LogP contribution is -2.02. The van der Waals surface area contributed by atoms with E-state index in [4.69, 9.17) is 27.9 Å². The van der Waals surface area contributed by atoms with E-state index in [9.17, 15) is 5.11 Å². The van der Waals surface area contributed by atoms with E-state index >= 15 is 0 Å². The van der Waals surface area contributed by atoms with Crippen LogP contribution in [0.1, 0.15) is 17.2 Å². The molecule has 4 heteroatoms. The van der Waals surface area contributed by atoms with Crippen molar-refractivity contribution in [2.24, 2.45) is 0 Å². The molecule has 2 aromatic rings. The van der Waals surface area contributed by atoms with Crippen LogP contribution in [-0.4, -0.2) is 12.2 Å². The normalized spacial score (nSPS) is 12.2. The summed E-state index contributed by atoms with van der Waals surface area (Å²) in [6.07, 6.45) is -0.197. The number of aliphatic hydroxyl groups is 1. The van der Waals surface area contributed by atoms with Gasteiger partial charge < -0.3 is 9.84 Å². The minimum atomic E-state index is -0.631. The number of rotatable bonds is 4. The first-order chi connectivity index (χ1) is 9.10. The predicted molar refractivity (Wildman–Crippen MR) is 78.1 cm³/mol. The molecular weight excluding hydrogens is 283 g/mol. The minimum absolute atomic E-state index is 0.434. The summed E-state index contributed by atoms with van der Waals surface area (Å²) in [4.78, 5) is 0. The molecule has 2 rings (SSSR count). The summed E-state index contributed by atoms with van der Waals surface area (Å²) in [5.74, 6) is 0.721. The Hall–Kier alpha value is -1.22. The number of aliphatic hydroxyl groups excluding tert-OH is 1. The van der Waals surface area contributed by atoms with Crippen LogP contribution in [0.2, 0.25) is 10.0 Å². The summed E-state index contributed by atoms with van der Waals surface area (Å²) >= 11 is 11.9. The van der Waals surface area contributed by atoms with Crippen LogP contribution in [-0.2, 0) is 6.42 Å². The second-order valence-corrected chi connectivity index (χ2v) is 5.08. The zero-order valence-electron chi connectivity index (χ0n) is 10.4. The van der Waals surface area contributed by atoms with Gasteiger partial charge in [0.15, 0.2) is 0 Å². The van der Waals surface area contributed by atoms with Crippen molar-refractivity contribution < 1.29 is 9.84 Å². The van der Waals surface area contributed by atoms with Crippen molar-refractivity contribution in [2.45, 2.75) is 12.5 Å². The van der Waals surface area contributed by atoms with Gasteiger partial charge in [0.2, 0.25) is 0 Å². The molecule has 2 nitrogen and oxygen atoms in total. The molecule has 1 atom stereocenters. The largest absolute Gasteiger partial charge is 0.497 e. The van der Waals surface area contributed by atoms with E-state index in [0.29, 0.717) is 16.5 Å². The Balaban J connectivity index is 2.17. The third-order valence-electron chi connectivity index (χ3n) is 2.91. The van der Waals surface area contributed by atoms with E-state index in [-0.39, 0.29) is 0 Å². The first-order valence-corrected chi connectivity index (χ1v) is 6.61. The van der Waals surface area contributed by atoms with Crippen molar-refractivity contribution in [3.8, 4) is 5.75 Å². The van der Waals surface area contributed by atoms with Gasteiger partial charge in [0.05, 0.1) is 13.2 Å². The number of halogens is 2. The highest BCUT2D eigenvalue weighted by molar-refractivity contribution is 6.35. The van der Waals surface area contributed by atoms with Gasteiger partial charge >= 0.3 is 0 Å². The van der Waals surface area contributed by atoms with E-state index in [2.05, 4.69) is 0 Å². The fraction of sp³-hybridized carbons (Fsp3) is 0.200. The van der Waals surface area contributed by atoms with E-state index in [1.165, 1.54) is 0 Å². The average molecular weight is 297 g/mol. The number of methoxy groups -OCH3 is 1. The molecule has 1 N–H and O–H groups in total. The van der Waals surface area contributed by atoms with E-state index in [0.717, 1.165) is 16.9 Å². The molecule has 100 valence electrons. The number of ether oxygens (including phenoxy) is 1. The van der Waals surface area contributed by atoms with Gasteiger partial charge in [-0.2, -0.15) is 0 Å². The van der Waals surface area contributed by atoms with Gasteiger partial charge in [0.25, 0.3) is 0 Å². The molecule has 0 saturated heterocycles. The quantitative estimate of drug-likeness (QED) is 0.912. The van der Waals surface area contributed by atoms with Crippen molar-refractivity contribution in [1.82, 2.24) is 0 Å². The Morgan fingerprint density at radius 1 is 1.16 bits per heavy atom. The van der Waals surface area contributed by atoms with Crippen LogP contribution in [0.3, 0.4) is 0 Å². The van der Waals surface area contributed by atoms with Gasteiger partial charge in [0, 0.05) is 16.5 Å². The first kappa shape index (κ1) is 14.2. The Labute approximate surface area is 122 Å². The molecule has 0 bridgehead atoms. The third kappa shape index (κ3) is 3.63. The van der Waals surface area contributed by atoms with Gasteiger partial charge in [-0.25, -0.2) is 0 Å². The molecule has 19 heavy (non-hydrogen) atoms. The number of hydrogen-bond donors (Lipinski definition) is 1. The topological polar surface area (TPSA) is 29.5 Å². The lowest BCUT2D eigenvalue weighted by atomic mass is 10.0. The second-order valence-electron chi connectivity index (χ2n) is 4.23. The van der Waals surface area contributed by atoms with Crippen molar-refractivity contribution in [3.05, 3.63) is 63.6 Å². The molecule has 0 aliphatic rings. The van der Waals surface area contributed by atoms with Gasteiger partial charge in [0.1, 0.15) is 5.75 Å². The lowest BCUT2D eigenvalue weighted by molar-refractivity contribution is 0.178. The average Bonchev–Trinajstić information content (AvgIpc) is 2.42. The minimum Gasteiger partial charge on any atom is -0.497 e. The molecule has 0 saturated carbocycles. The molecule has 0 aromatic heterocycles. The van der Waals surface area contributed by atoms with Crippen molar-refractivity contribution in [2.75, 3.05) is 7.11 Å². The van der Waals surface area contributed by atoms with Gasteiger partial charge in [-0.3, -0.25) is 0 Å². The summed E-state index contributed by atoms with van der Waals surface area (Å²) in [6.45, 7) is 0. The summed E-state index contributed by atoms with van der Waals surface area (Å²) in [7, 11) is 1.60. The molecule has 0 spiro atoms. The fourth-order valence-corrected chi connectivity index (χ4v) is 2.35. The molecular formula is C15H14Cl2O2. The van der Waals surface area contributed by atoms with Crippen LogP contribution in [0.5, 0.6) is 5.75 Å². The highest BCUT2D eigenvalue weighted by Gasteiger charge is 2.12. The zero-order chi connectivity index (χ0) is 13.8. The molecule has 0 radical (unpaired) electrons. The maximum absolute atomic E-state index is 10.2. The SMILES string of the molecule is COc1cccc(C(O)Cc2ccc(Cl)cc2Cl)c1. The Kier molecular flexibility index (Phi) is 4.70. The Bertz CT molecular complexity index is 570. The van der Waals surface area contributed by atoms with Gasteiger partial charge in [-0.05, 0) is 35.4 Å². The summed E-state index contributed by atoms with van der Waals surface area (Å²) in [5.41, 5.74) is 1.66. The molecule has 0 aliphatic heterocycles. The molecule has 0 aliphatic carbocycles. The lowest BCUT2D eigenvalue weighted by Gasteiger charge is -2.13. The monoisotopic (exact) mass is 296 g/mol. The maximum Gasteiger partial charge on any atom is 0.119 e. The van der Waals surface area contributed by atoms with Gasteiger partial charge in [-0.15, -0.1) is 0 Å². The smallest absolute Gasteiger partial charge is 0.119 e. The van der Waals surface area contributed by atoms with Crippen LogP contribution in [0.15, 0.2) is 42.5 Å². The number of hydrogen-bond acceptors (Lipinski definition) is 2. The first-order valence-electron chi connectivity index (χ1n) is 5.86. The molecule has 2 aromatic carbocycles. The van der Waals surface area contributed by atoms with E-state index < -0.39 is 6.10 Å². The summed E-state index contributed by atoms with van der Waals surface area (Å²) in [5, 5.41) is 11.4. The van der Waals surface area contributed by atoms with Crippen molar-refractivity contribution in [3.63, 3.8) is 0 Å². The Morgan fingerprint density at radius 3 is 2.63 bits per heavy atom. The molecule has 1 unspecified atom stereocenters. The second kappa shape index (κ2) is 6.29. The highest BCUT2D eigenvalue weighted by Crippen LogP contribution is 2.27. The molecule has 0 amide bonds. The van der Waals surface area contributed by atoms with Crippen molar-refractivity contribution in [1.29, 1.82) is 0 Å². The highest BCUT2D eigenvalue weighted by atomic mass is 35.5. The van der Waals surface area contributed by atoms with Crippen LogP contribution < -0.4 is 4.74 Å². The van der Waals surface area contributed by atoms with Crippen LogP contribution >= 0.6 is 23.2 Å². The maximum atomic E-state index is 10.2. The zero-order valence-corrected chi connectivity index (χ0v) is 11.9. The van der Waals surface area contributed by atoms with Crippen LogP contribution in [0, 0.1) is 0 Å². The summed E-state index contributed by atoms with van der Waals surface area (Å²) in [6, 6.07) is 12.6. The summed E-state index contributed by atoms with van der Waals surface area (Å²) < 4.78 is 5.14. The molecule has 0 fully saturated rings. The van der Waals surface area contributed by atoms with E-state index in [1.807, 2.05) is 30.3 Å². The predicted octanol–water partition coefficient (Wildman–Crippen LogP) is 4.28. The molecule has 0 heterocycles. The standard InChI is InChI=1S/C15H14Cl2O2/c1-19-13-4-2-3-11(7-13)15(18)8-10-5-6-12(16)9-14(10)17/h2-7,9,15,18H,8H2,1H3. The third-order valence-corrected chi connectivity index (χ3v) is 3.49. The van der Waals surface area contributed by atoms with Crippen molar-refractivity contribution >= 4 is 23.2 Å². The van der Waals surface area contributed by atoms with Gasteiger partial charge in [-0.1, -0.05) is 41.4 Å². The van der Waals surface area contributed by atoms with Crippen LogP contribution in [0.4, 0.5) is 0 Å². The van der Waals surface area contributed by atoms with Crippen LogP contribution in [0.25, 0.3) is 0 Å².